The largest absolute Gasteiger partial charge is 0.496 e. The van der Waals surface area contributed by atoms with Gasteiger partial charge in [-0.05, 0) is 30.7 Å². The first-order valence-electron chi connectivity index (χ1n) is 8.46. The number of methoxy groups -OCH3 is 1. The highest BCUT2D eigenvalue weighted by atomic mass is 16.5. The maximum atomic E-state index is 5.41. The first kappa shape index (κ1) is 15.8. The number of aromatic nitrogens is 4. The van der Waals surface area contributed by atoms with E-state index < -0.39 is 0 Å². The van der Waals surface area contributed by atoms with E-state index in [1.54, 1.807) is 13.3 Å². The van der Waals surface area contributed by atoms with E-state index in [0.29, 0.717) is 12.5 Å². The summed E-state index contributed by atoms with van der Waals surface area (Å²) in [7, 11) is 1.67. The Morgan fingerprint density at radius 1 is 1.36 bits per heavy atom. The van der Waals surface area contributed by atoms with Crippen molar-refractivity contribution in [3.8, 4) is 5.75 Å². The minimum absolute atomic E-state index is 0.539. The van der Waals surface area contributed by atoms with Gasteiger partial charge in [0.25, 0.3) is 0 Å². The molecule has 25 heavy (non-hydrogen) atoms. The van der Waals surface area contributed by atoms with E-state index in [1.807, 2.05) is 35.1 Å². The Kier molecular flexibility index (Phi) is 4.47. The van der Waals surface area contributed by atoms with E-state index in [0.717, 1.165) is 54.2 Å². The third-order valence-corrected chi connectivity index (χ3v) is 4.46. The highest BCUT2D eigenvalue weighted by Crippen LogP contribution is 2.29. The standard InChI is InChI=1S/C18H21N5O2/c1-24-17-5-4-16(18-15(17)3-2-7-19-18)20-9-14-11-23(22-21-14)10-13-6-8-25-12-13/h2-5,7,11,13,20H,6,8-10,12H2,1H3. The van der Waals surface area contributed by atoms with E-state index in [4.69, 9.17) is 9.47 Å². The lowest BCUT2D eigenvalue weighted by Gasteiger charge is -2.10. The average molecular weight is 339 g/mol. The van der Waals surface area contributed by atoms with Gasteiger partial charge in [-0.1, -0.05) is 5.21 Å². The second-order valence-electron chi connectivity index (χ2n) is 6.23. The van der Waals surface area contributed by atoms with Crippen molar-refractivity contribution in [2.75, 3.05) is 25.6 Å². The van der Waals surface area contributed by atoms with E-state index >= 15 is 0 Å². The van der Waals surface area contributed by atoms with Crippen LogP contribution in [-0.2, 0) is 17.8 Å². The molecule has 1 aliphatic rings. The lowest BCUT2D eigenvalue weighted by Crippen LogP contribution is -2.11. The Balaban J connectivity index is 1.46. The number of hydrogen-bond donors (Lipinski definition) is 1. The molecule has 1 atom stereocenters. The summed E-state index contributed by atoms with van der Waals surface area (Å²) in [5, 5.41) is 12.9. The lowest BCUT2D eigenvalue weighted by atomic mass is 10.1. The summed E-state index contributed by atoms with van der Waals surface area (Å²) in [4.78, 5) is 4.48. The molecule has 130 valence electrons. The van der Waals surface area contributed by atoms with Crippen LogP contribution in [0.4, 0.5) is 5.69 Å². The van der Waals surface area contributed by atoms with Crippen molar-refractivity contribution in [2.24, 2.45) is 5.92 Å². The van der Waals surface area contributed by atoms with Crippen LogP contribution in [0, 0.1) is 5.92 Å². The molecule has 1 saturated heterocycles. The molecule has 1 aliphatic heterocycles. The van der Waals surface area contributed by atoms with Gasteiger partial charge in [-0.3, -0.25) is 9.67 Å². The van der Waals surface area contributed by atoms with Gasteiger partial charge in [0.1, 0.15) is 11.4 Å². The highest BCUT2D eigenvalue weighted by Gasteiger charge is 2.17. The second kappa shape index (κ2) is 7.06. The van der Waals surface area contributed by atoms with Crippen molar-refractivity contribution >= 4 is 16.6 Å². The van der Waals surface area contributed by atoms with Gasteiger partial charge in [0.15, 0.2) is 0 Å². The summed E-state index contributed by atoms with van der Waals surface area (Å²) in [6, 6.07) is 7.84. The molecular weight excluding hydrogens is 318 g/mol. The molecule has 1 unspecified atom stereocenters. The van der Waals surface area contributed by atoms with Crippen LogP contribution in [0.5, 0.6) is 5.75 Å². The lowest BCUT2D eigenvalue weighted by molar-refractivity contribution is 0.181. The topological polar surface area (TPSA) is 74.1 Å². The molecule has 2 aromatic heterocycles. The summed E-state index contributed by atoms with van der Waals surface area (Å²) in [6.07, 6.45) is 4.87. The summed E-state index contributed by atoms with van der Waals surface area (Å²) in [6.45, 7) is 3.13. The Hall–Kier alpha value is -2.67. The van der Waals surface area contributed by atoms with Crippen molar-refractivity contribution in [1.29, 1.82) is 0 Å². The Morgan fingerprint density at radius 3 is 3.16 bits per heavy atom. The molecule has 1 aromatic carbocycles. The molecule has 0 radical (unpaired) electrons. The third kappa shape index (κ3) is 3.41. The van der Waals surface area contributed by atoms with Gasteiger partial charge >= 0.3 is 0 Å². The molecule has 0 bridgehead atoms. The summed E-state index contributed by atoms with van der Waals surface area (Å²) < 4.78 is 12.7. The highest BCUT2D eigenvalue weighted by molar-refractivity contribution is 5.94. The zero-order chi connectivity index (χ0) is 17.1. The van der Waals surface area contributed by atoms with Crippen LogP contribution in [0.15, 0.2) is 36.7 Å². The number of hydrogen-bond acceptors (Lipinski definition) is 6. The molecule has 3 heterocycles. The number of benzene rings is 1. The van der Waals surface area contributed by atoms with Crippen LogP contribution in [0.1, 0.15) is 12.1 Å². The molecule has 4 rings (SSSR count). The first-order valence-corrected chi connectivity index (χ1v) is 8.46. The molecule has 7 nitrogen and oxygen atoms in total. The fourth-order valence-corrected chi connectivity index (χ4v) is 3.15. The molecule has 0 aliphatic carbocycles. The summed E-state index contributed by atoms with van der Waals surface area (Å²) >= 11 is 0. The average Bonchev–Trinajstić information content (AvgIpc) is 3.32. The van der Waals surface area contributed by atoms with E-state index in [2.05, 4.69) is 20.6 Å². The smallest absolute Gasteiger partial charge is 0.128 e. The zero-order valence-electron chi connectivity index (χ0n) is 14.2. The number of pyridine rings is 1. The Labute approximate surface area is 146 Å². The Morgan fingerprint density at radius 2 is 2.32 bits per heavy atom. The van der Waals surface area contributed by atoms with Crippen molar-refractivity contribution < 1.29 is 9.47 Å². The molecular formula is C18H21N5O2. The van der Waals surface area contributed by atoms with Gasteiger partial charge in [-0.25, -0.2) is 0 Å². The van der Waals surface area contributed by atoms with E-state index in [9.17, 15) is 0 Å². The van der Waals surface area contributed by atoms with Gasteiger partial charge in [0, 0.05) is 30.7 Å². The second-order valence-corrected chi connectivity index (χ2v) is 6.23. The van der Waals surface area contributed by atoms with Crippen LogP contribution >= 0.6 is 0 Å². The third-order valence-electron chi connectivity index (χ3n) is 4.46. The maximum Gasteiger partial charge on any atom is 0.128 e. The minimum Gasteiger partial charge on any atom is -0.496 e. The fraction of sp³-hybridized carbons (Fsp3) is 0.389. The van der Waals surface area contributed by atoms with E-state index in [-0.39, 0.29) is 0 Å². The minimum atomic E-state index is 0.539. The zero-order valence-corrected chi connectivity index (χ0v) is 14.2. The van der Waals surface area contributed by atoms with Crippen LogP contribution < -0.4 is 10.1 Å². The Bertz CT molecular complexity index is 858. The summed E-state index contributed by atoms with van der Waals surface area (Å²) in [5.41, 5.74) is 2.74. The predicted octanol–water partition coefficient (Wildman–Crippen LogP) is 2.48. The van der Waals surface area contributed by atoms with Crippen LogP contribution in [-0.4, -0.2) is 40.3 Å². The SMILES string of the molecule is COc1ccc(NCc2cn(CC3CCOC3)nn2)c2ncccc12. The monoisotopic (exact) mass is 339 g/mol. The molecule has 1 N–H and O–H groups in total. The maximum absolute atomic E-state index is 5.41. The van der Waals surface area contributed by atoms with Gasteiger partial charge < -0.3 is 14.8 Å². The number of anilines is 1. The fourth-order valence-electron chi connectivity index (χ4n) is 3.15. The van der Waals surface area contributed by atoms with Crippen molar-refractivity contribution in [1.82, 2.24) is 20.0 Å². The molecule has 0 saturated carbocycles. The molecule has 1 fully saturated rings. The summed E-state index contributed by atoms with van der Waals surface area (Å²) in [5.74, 6) is 1.36. The predicted molar refractivity (Wildman–Crippen MR) is 94.6 cm³/mol. The molecule has 0 amide bonds. The molecule has 3 aromatic rings. The van der Waals surface area contributed by atoms with Crippen LogP contribution in [0.2, 0.25) is 0 Å². The van der Waals surface area contributed by atoms with Crippen molar-refractivity contribution in [2.45, 2.75) is 19.5 Å². The van der Waals surface area contributed by atoms with Gasteiger partial charge in [-0.2, -0.15) is 0 Å². The first-order chi connectivity index (χ1) is 12.3. The normalized spacial score (nSPS) is 17.1. The van der Waals surface area contributed by atoms with Gasteiger partial charge in [-0.15, -0.1) is 5.10 Å². The van der Waals surface area contributed by atoms with Crippen LogP contribution in [0.25, 0.3) is 10.9 Å². The number of fused-ring (bicyclic) bond motifs is 1. The number of nitrogens with one attached hydrogen (secondary N) is 1. The van der Waals surface area contributed by atoms with Crippen molar-refractivity contribution in [3.63, 3.8) is 0 Å². The van der Waals surface area contributed by atoms with Gasteiger partial charge in [0.2, 0.25) is 0 Å². The number of nitrogens with zero attached hydrogens (tertiary/aromatic N) is 4. The van der Waals surface area contributed by atoms with Gasteiger partial charge in [0.05, 0.1) is 37.7 Å². The number of ether oxygens (including phenoxy) is 2. The van der Waals surface area contributed by atoms with Crippen LogP contribution in [0.3, 0.4) is 0 Å². The number of rotatable bonds is 6. The molecule has 7 heteroatoms. The van der Waals surface area contributed by atoms with E-state index in [1.165, 1.54) is 0 Å². The molecule has 0 spiro atoms. The quantitative estimate of drug-likeness (QED) is 0.744. The van der Waals surface area contributed by atoms with Crippen molar-refractivity contribution in [3.05, 3.63) is 42.4 Å².